The van der Waals surface area contributed by atoms with E-state index in [1.165, 1.54) is 12.1 Å². The molecule has 0 unspecified atom stereocenters. The molecule has 0 bridgehead atoms. The fourth-order valence-corrected chi connectivity index (χ4v) is 2.31. The van der Waals surface area contributed by atoms with Gasteiger partial charge >= 0.3 is 5.97 Å². The summed E-state index contributed by atoms with van der Waals surface area (Å²) in [5, 5.41) is 9.31. The Kier molecular flexibility index (Phi) is 2.95. The molecule has 0 radical (unpaired) electrons. The van der Waals surface area contributed by atoms with Crippen molar-refractivity contribution in [3.05, 3.63) is 58.9 Å². The van der Waals surface area contributed by atoms with E-state index < -0.39 is 5.97 Å². The highest BCUT2D eigenvalue weighted by molar-refractivity contribution is 6.33. The maximum atomic E-state index is 11.0. The van der Waals surface area contributed by atoms with Gasteiger partial charge in [-0.05, 0) is 19.1 Å². The Hall–Kier alpha value is -2.33. The first-order valence-electron chi connectivity index (χ1n) is 6.04. The van der Waals surface area contributed by atoms with Crippen molar-refractivity contribution in [3.63, 3.8) is 0 Å². The van der Waals surface area contributed by atoms with Crippen LogP contribution in [0, 0.1) is 6.92 Å². The van der Waals surface area contributed by atoms with Gasteiger partial charge < -0.3 is 5.11 Å². The average molecular weight is 287 g/mol. The highest BCUT2D eigenvalue weighted by Gasteiger charge is 2.13. The summed E-state index contributed by atoms with van der Waals surface area (Å²) < 4.78 is 1.79. The summed E-state index contributed by atoms with van der Waals surface area (Å²) in [7, 11) is 0. The number of nitrogens with zero attached hydrogens (tertiary/aromatic N) is 2. The predicted molar refractivity (Wildman–Crippen MR) is 77.3 cm³/mol. The van der Waals surface area contributed by atoms with E-state index in [1.54, 1.807) is 10.6 Å². The lowest BCUT2D eigenvalue weighted by Gasteiger charge is -2.02. The van der Waals surface area contributed by atoms with Crippen molar-refractivity contribution in [2.75, 3.05) is 0 Å². The summed E-state index contributed by atoms with van der Waals surface area (Å²) in [6, 6.07) is 11.0. The van der Waals surface area contributed by atoms with E-state index in [0.29, 0.717) is 16.5 Å². The number of carboxylic acids is 1. The molecule has 5 heteroatoms. The van der Waals surface area contributed by atoms with E-state index in [-0.39, 0.29) is 5.56 Å². The number of carboxylic acid groups (broad SMARTS) is 1. The van der Waals surface area contributed by atoms with Gasteiger partial charge in [-0.2, -0.15) is 0 Å². The second-order valence-electron chi connectivity index (χ2n) is 4.57. The van der Waals surface area contributed by atoms with Crippen molar-refractivity contribution in [2.45, 2.75) is 6.92 Å². The SMILES string of the molecule is Cc1ccc(-c2nc(Cl)c3cc(C(=O)O)ccn23)cc1. The van der Waals surface area contributed by atoms with Crippen LogP contribution in [0.5, 0.6) is 0 Å². The van der Waals surface area contributed by atoms with Gasteiger partial charge in [0.05, 0.1) is 11.1 Å². The number of fused-ring (bicyclic) bond motifs is 1. The van der Waals surface area contributed by atoms with Crippen molar-refractivity contribution in [3.8, 4) is 11.4 Å². The van der Waals surface area contributed by atoms with Crippen molar-refractivity contribution >= 4 is 23.1 Å². The van der Waals surface area contributed by atoms with Gasteiger partial charge in [-0.15, -0.1) is 0 Å². The van der Waals surface area contributed by atoms with Crippen LogP contribution in [0.2, 0.25) is 5.15 Å². The molecule has 2 aromatic heterocycles. The van der Waals surface area contributed by atoms with Crippen LogP contribution in [-0.2, 0) is 0 Å². The number of aryl methyl sites for hydroxylation is 1. The number of imidazole rings is 1. The Morgan fingerprint density at radius 3 is 2.60 bits per heavy atom. The first-order chi connectivity index (χ1) is 9.56. The molecule has 0 saturated carbocycles. The highest BCUT2D eigenvalue weighted by atomic mass is 35.5. The van der Waals surface area contributed by atoms with Crippen molar-refractivity contribution < 1.29 is 9.90 Å². The lowest BCUT2D eigenvalue weighted by Crippen LogP contribution is -1.98. The normalized spacial score (nSPS) is 10.9. The number of carbonyl (C=O) groups is 1. The summed E-state index contributed by atoms with van der Waals surface area (Å²) in [4.78, 5) is 15.3. The van der Waals surface area contributed by atoms with Crippen LogP contribution < -0.4 is 0 Å². The number of hydrogen-bond donors (Lipinski definition) is 1. The first-order valence-corrected chi connectivity index (χ1v) is 6.42. The number of halogens is 1. The lowest BCUT2D eigenvalue weighted by molar-refractivity contribution is 0.0697. The topological polar surface area (TPSA) is 54.6 Å². The van der Waals surface area contributed by atoms with Crippen molar-refractivity contribution in [2.24, 2.45) is 0 Å². The molecule has 3 aromatic rings. The molecule has 4 nitrogen and oxygen atoms in total. The molecule has 100 valence electrons. The van der Waals surface area contributed by atoms with E-state index in [9.17, 15) is 4.79 Å². The van der Waals surface area contributed by atoms with Gasteiger partial charge in [0.15, 0.2) is 5.15 Å². The molecule has 0 aliphatic heterocycles. The largest absolute Gasteiger partial charge is 0.478 e. The third-order valence-electron chi connectivity index (χ3n) is 3.16. The zero-order valence-electron chi connectivity index (χ0n) is 10.7. The molecule has 1 aromatic carbocycles. The average Bonchev–Trinajstić information content (AvgIpc) is 2.76. The minimum absolute atomic E-state index is 0.190. The molecule has 0 fully saturated rings. The van der Waals surface area contributed by atoms with Gasteiger partial charge in [0.1, 0.15) is 5.82 Å². The molecule has 20 heavy (non-hydrogen) atoms. The number of rotatable bonds is 2. The zero-order chi connectivity index (χ0) is 14.3. The Bertz CT molecular complexity index is 807. The van der Waals surface area contributed by atoms with E-state index in [4.69, 9.17) is 16.7 Å². The van der Waals surface area contributed by atoms with Crippen LogP contribution >= 0.6 is 11.6 Å². The first kappa shape index (κ1) is 12.7. The molecule has 0 spiro atoms. The minimum atomic E-state index is -0.985. The van der Waals surface area contributed by atoms with E-state index in [2.05, 4.69) is 4.98 Å². The summed E-state index contributed by atoms with van der Waals surface area (Å²) >= 11 is 6.11. The zero-order valence-corrected chi connectivity index (χ0v) is 11.4. The maximum absolute atomic E-state index is 11.0. The van der Waals surface area contributed by atoms with Crippen LogP contribution in [0.25, 0.3) is 16.9 Å². The number of benzene rings is 1. The Balaban J connectivity index is 2.22. The van der Waals surface area contributed by atoms with Crippen LogP contribution in [0.15, 0.2) is 42.6 Å². The standard InChI is InChI=1S/C15H11ClN2O2/c1-9-2-4-10(5-3-9)14-17-13(16)12-8-11(15(19)20)6-7-18(12)14/h2-8H,1H3,(H,19,20). The monoisotopic (exact) mass is 286 g/mol. The number of hydrogen-bond acceptors (Lipinski definition) is 2. The summed E-state index contributed by atoms with van der Waals surface area (Å²) in [6.07, 6.45) is 1.67. The third kappa shape index (κ3) is 2.04. The highest BCUT2D eigenvalue weighted by Crippen LogP contribution is 2.26. The van der Waals surface area contributed by atoms with E-state index >= 15 is 0 Å². The van der Waals surface area contributed by atoms with Crippen LogP contribution in [0.4, 0.5) is 0 Å². The molecule has 0 amide bonds. The van der Waals surface area contributed by atoms with Gasteiger partial charge in [0, 0.05) is 11.8 Å². The van der Waals surface area contributed by atoms with Gasteiger partial charge in [-0.1, -0.05) is 41.4 Å². The molecule has 3 rings (SSSR count). The van der Waals surface area contributed by atoms with Gasteiger partial charge in [0.25, 0.3) is 0 Å². The van der Waals surface area contributed by atoms with Gasteiger partial charge in [-0.3, -0.25) is 4.40 Å². The molecule has 0 aliphatic rings. The number of aromatic nitrogens is 2. The predicted octanol–water partition coefficient (Wildman–Crippen LogP) is 3.66. The van der Waals surface area contributed by atoms with Gasteiger partial charge in [-0.25, -0.2) is 9.78 Å². The molecule has 0 aliphatic carbocycles. The summed E-state index contributed by atoms with van der Waals surface area (Å²) in [5.41, 5.74) is 2.87. The van der Waals surface area contributed by atoms with Crippen molar-refractivity contribution in [1.29, 1.82) is 0 Å². The quantitative estimate of drug-likeness (QED) is 0.782. The van der Waals surface area contributed by atoms with Crippen LogP contribution in [0.1, 0.15) is 15.9 Å². The van der Waals surface area contributed by atoms with Gasteiger partial charge in [0.2, 0.25) is 0 Å². The minimum Gasteiger partial charge on any atom is -0.478 e. The number of pyridine rings is 1. The Morgan fingerprint density at radius 1 is 1.25 bits per heavy atom. The van der Waals surface area contributed by atoms with E-state index in [1.807, 2.05) is 31.2 Å². The molecular formula is C15H11ClN2O2. The smallest absolute Gasteiger partial charge is 0.335 e. The fraction of sp³-hybridized carbons (Fsp3) is 0.0667. The number of aromatic carboxylic acids is 1. The molecule has 2 heterocycles. The maximum Gasteiger partial charge on any atom is 0.335 e. The fourth-order valence-electron chi connectivity index (χ4n) is 2.09. The Morgan fingerprint density at radius 2 is 1.95 bits per heavy atom. The third-order valence-corrected chi connectivity index (χ3v) is 3.43. The van der Waals surface area contributed by atoms with Crippen molar-refractivity contribution in [1.82, 2.24) is 9.38 Å². The van der Waals surface area contributed by atoms with Crippen LogP contribution in [-0.4, -0.2) is 20.5 Å². The molecule has 0 atom stereocenters. The van der Waals surface area contributed by atoms with Crippen LogP contribution in [0.3, 0.4) is 0 Å². The van der Waals surface area contributed by atoms with E-state index in [0.717, 1.165) is 11.1 Å². The second-order valence-corrected chi connectivity index (χ2v) is 4.93. The second kappa shape index (κ2) is 4.65. The lowest BCUT2D eigenvalue weighted by atomic mass is 10.1. The molecular weight excluding hydrogens is 276 g/mol. The molecule has 1 N–H and O–H groups in total. The summed E-state index contributed by atoms with van der Waals surface area (Å²) in [5.74, 6) is -0.288. The Labute approximate surface area is 120 Å². The molecule has 0 saturated heterocycles. The summed E-state index contributed by atoms with van der Waals surface area (Å²) in [6.45, 7) is 2.01.